The number of benzene rings is 1. The Balaban J connectivity index is 1.88. The van der Waals surface area contributed by atoms with Crippen LogP contribution < -0.4 is 9.64 Å². The molecule has 3 heterocycles. The molecule has 1 aliphatic heterocycles. The van der Waals surface area contributed by atoms with Crippen LogP contribution in [0, 0.1) is 20.8 Å². The van der Waals surface area contributed by atoms with Gasteiger partial charge < -0.3 is 14.6 Å². The van der Waals surface area contributed by atoms with Crippen LogP contribution in [-0.4, -0.2) is 47.0 Å². The van der Waals surface area contributed by atoms with E-state index in [1.165, 1.54) is 30.5 Å². The highest BCUT2D eigenvalue weighted by molar-refractivity contribution is 7.17. The van der Waals surface area contributed by atoms with Gasteiger partial charge in [-0.05, 0) is 38.5 Å². The SMILES string of the molecule is COC(=O)c1sc(N2C(=O)C(O)=C(C(=O)c3sc(C)nc3C)C2c2ccc(OC)cc2)nc1C. The Bertz CT molecular complexity index is 1340. The highest BCUT2D eigenvalue weighted by atomic mass is 32.1. The van der Waals surface area contributed by atoms with E-state index < -0.39 is 29.5 Å². The van der Waals surface area contributed by atoms with E-state index in [9.17, 15) is 19.5 Å². The number of aliphatic hydroxyl groups excluding tert-OH is 1. The fraction of sp³-hybridized carbons (Fsp3) is 0.261. The van der Waals surface area contributed by atoms with E-state index in [-0.39, 0.29) is 15.6 Å². The molecule has 0 aliphatic carbocycles. The molecule has 34 heavy (non-hydrogen) atoms. The van der Waals surface area contributed by atoms with Gasteiger partial charge in [0.25, 0.3) is 5.91 Å². The summed E-state index contributed by atoms with van der Waals surface area (Å²) < 4.78 is 10.0. The van der Waals surface area contributed by atoms with Crippen LogP contribution >= 0.6 is 22.7 Å². The van der Waals surface area contributed by atoms with Gasteiger partial charge in [-0.25, -0.2) is 14.8 Å². The molecule has 0 saturated heterocycles. The molecule has 0 fully saturated rings. The summed E-state index contributed by atoms with van der Waals surface area (Å²) >= 11 is 2.15. The van der Waals surface area contributed by atoms with Gasteiger partial charge in [-0.3, -0.25) is 14.5 Å². The summed E-state index contributed by atoms with van der Waals surface area (Å²) in [5, 5.41) is 11.8. The second-order valence-corrected chi connectivity index (χ2v) is 9.67. The van der Waals surface area contributed by atoms with Crippen molar-refractivity contribution in [2.24, 2.45) is 0 Å². The zero-order chi connectivity index (χ0) is 24.7. The number of aliphatic hydroxyl groups is 1. The number of carbonyl (C=O) groups is 3. The summed E-state index contributed by atoms with van der Waals surface area (Å²) in [5.41, 5.74) is 1.38. The van der Waals surface area contributed by atoms with Crippen molar-refractivity contribution in [1.29, 1.82) is 0 Å². The van der Waals surface area contributed by atoms with Crippen molar-refractivity contribution in [3.05, 3.63) is 67.3 Å². The van der Waals surface area contributed by atoms with Gasteiger partial charge in [0, 0.05) is 0 Å². The van der Waals surface area contributed by atoms with Crippen molar-refractivity contribution in [3.8, 4) is 5.75 Å². The lowest BCUT2D eigenvalue weighted by Gasteiger charge is -2.24. The standard InChI is InChI=1S/C23H21N3O6S2/c1-10-19(33-12(3)24-10)17(27)15-16(13-6-8-14(31-4)9-7-13)26(21(29)18(15)28)23-25-11(2)20(34-23)22(30)32-5/h6-9,16,28H,1-5H3. The maximum absolute atomic E-state index is 13.6. The molecule has 0 spiro atoms. The minimum atomic E-state index is -0.969. The summed E-state index contributed by atoms with van der Waals surface area (Å²) in [6, 6.07) is 5.85. The minimum absolute atomic E-state index is 0.0746. The highest BCUT2D eigenvalue weighted by Gasteiger charge is 2.46. The number of hydrogen-bond acceptors (Lipinski definition) is 10. The van der Waals surface area contributed by atoms with E-state index in [2.05, 4.69) is 9.97 Å². The van der Waals surface area contributed by atoms with Crippen LogP contribution in [0.4, 0.5) is 5.13 Å². The molecule has 176 valence electrons. The van der Waals surface area contributed by atoms with E-state index in [0.29, 0.717) is 32.6 Å². The summed E-state index contributed by atoms with van der Waals surface area (Å²) in [7, 11) is 2.79. The maximum atomic E-state index is 13.6. The molecule has 11 heteroatoms. The molecule has 9 nitrogen and oxygen atoms in total. The Labute approximate surface area is 203 Å². The number of esters is 1. The van der Waals surface area contributed by atoms with Gasteiger partial charge in [-0.1, -0.05) is 23.5 Å². The highest BCUT2D eigenvalue weighted by Crippen LogP contribution is 2.44. The molecule has 1 atom stereocenters. The smallest absolute Gasteiger partial charge is 0.350 e. The average molecular weight is 500 g/mol. The van der Waals surface area contributed by atoms with Crippen LogP contribution in [0.1, 0.15) is 47.3 Å². The minimum Gasteiger partial charge on any atom is -0.503 e. The number of amides is 1. The Morgan fingerprint density at radius 3 is 2.21 bits per heavy atom. The zero-order valence-electron chi connectivity index (χ0n) is 19.0. The molecule has 3 aromatic rings. The molecule has 1 aliphatic rings. The number of ether oxygens (including phenoxy) is 2. The van der Waals surface area contributed by atoms with Crippen LogP contribution in [0.5, 0.6) is 5.75 Å². The Morgan fingerprint density at radius 1 is 1.00 bits per heavy atom. The number of rotatable bonds is 6. The summed E-state index contributed by atoms with van der Waals surface area (Å²) in [6.07, 6.45) is 0. The lowest BCUT2D eigenvalue weighted by atomic mass is 9.95. The quantitative estimate of drug-likeness (QED) is 0.398. The average Bonchev–Trinajstić information content (AvgIpc) is 3.45. The van der Waals surface area contributed by atoms with E-state index in [1.54, 1.807) is 45.0 Å². The Kier molecular flexibility index (Phi) is 6.24. The molecule has 2 aromatic heterocycles. The number of hydrogen-bond donors (Lipinski definition) is 1. The van der Waals surface area contributed by atoms with Crippen LogP contribution in [0.2, 0.25) is 0 Å². The second-order valence-electron chi connectivity index (χ2n) is 7.49. The molecular formula is C23H21N3O6S2. The first-order valence-corrected chi connectivity index (χ1v) is 11.8. The van der Waals surface area contributed by atoms with E-state index >= 15 is 0 Å². The number of ketones is 1. The number of thiazole rings is 2. The van der Waals surface area contributed by atoms with Crippen LogP contribution in [0.25, 0.3) is 0 Å². The van der Waals surface area contributed by atoms with E-state index in [4.69, 9.17) is 9.47 Å². The first kappa shape index (κ1) is 23.6. The van der Waals surface area contributed by atoms with Crippen LogP contribution in [0.15, 0.2) is 35.6 Å². The molecule has 1 unspecified atom stereocenters. The number of methoxy groups -OCH3 is 2. The summed E-state index contributed by atoms with van der Waals surface area (Å²) in [4.78, 5) is 49.5. The van der Waals surface area contributed by atoms with E-state index in [0.717, 1.165) is 11.3 Å². The second kappa shape index (κ2) is 8.99. The number of aryl methyl sites for hydroxylation is 3. The normalized spacial score (nSPS) is 15.7. The van der Waals surface area contributed by atoms with Crippen molar-refractivity contribution in [2.45, 2.75) is 26.8 Å². The van der Waals surface area contributed by atoms with Crippen LogP contribution in [0.3, 0.4) is 0 Å². The van der Waals surface area contributed by atoms with Gasteiger partial charge in [-0.2, -0.15) is 0 Å². The third-order valence-electron chi connectivity index (χ3n) is 5.36. The fourth-order valence-corrected chi connectivity index (χ4v) is 5.65. The fourth-order valence-electron chi connectivity index (χ4n) is 3.77. The number of nitrogens with zero attached hydrogens (tertiary/aromatic N) is 3. The van der Waals surface area contributed by atoms with Crippen molar-refractivity contribution < 1.29 is 29.0 Å². The monoisotopic (exact) mass is 499 g/mol. The first-order chi connectivity index (χ1) is 16.2. The van der Waals surface area contributed by atoms with Crippen LogP contribution in [-0.2, 0) is 9.53 Å². The van der Waals surface area contributed by atoms with Crippen molar-refractivity contribution >= 4 is 45.5 Å². The molecular weight excluding hydrogens is 478 g/mol. The topological polar surface area (TPSA) is 119 Å². The number of anilines is 1. The lowest BCUT2D eigenvalue weighted by Crippen LogP contribution is -2.31. The lowest BCUT2D eigenvalue weighted by molar-refractivity contribution is -0.117. The van der Waals surface area contributed by atoms with Gasteiger partial charge in [0.1, 0.15) is 10.6 Å². The largest absolute Gasteiger partial charge is 0.503 e. The van der Waals surface area contributed by atoms with Crippen molar-refractivity contribution in [1.82, 2.24) is 9.97 Å². The van der Waals surface area contributed by atoms with Gasteiger partial charge in [0.05, 0.1) is 47.1 Å². The van der Waals surface area contributed by atoms with Gasteiger partial charge in [0.15, 0.2) is 10.9 Å². The van der Waals surface area contributed by atoms with E-state index in [1.807, 2.05) is 0 Å². The summed E-state index contributed by atoms with van der Waals surface area (Å²) in [5.74, 6) is -1.93. The molecule has 1 aromatic carbocycles. The Hall–Kier alpha value is -3.57. The third-order valence-corrected chi connectivity index (χ3v) is 7.56. The number of carbonyl (C=O) groups excluding carboxylic acids is 3. The molecule has 1 N–H and O–H groups in total. The molecule has 1 amide bonds. The maximum Gasteiger partial charge on any atom is 0.350 e. The molecule has 0 bridgehead atoms. The number of Topliss-reactive ketones (excluding diaryl/α,β-unsaturated/α-hetero) is 1. The van der Waals surface area contributed by atoms with Crippen molar-refractivity contribution in [2.75, 3.05) is 19.1 Å². The molecule has 0 radical (unpaired) electrons. The Morgan fingerprint density at radius 2 is 1.65 bits per heavy atom. The first-order valence-electron chi connectivity index (χ1n) is 10.1. The zero-order valence-corrected chi connectivity index (χ0v) is 20.7. The predicted molar refractivity (Wildman–Crippen MR) is 127 cm³/mol. The summed E-state index contributed by atoms with van der Waals surface area (Å²) in [6.45, 7) is 5.11. The number of aromatic nitrogens is 2. The van der Waals surface area contributed by atoms with Crippen molar-refractivity contribution in [3.63, 3.8) is 0 Å². The third kappa shape index (κ3) is 3.86. The molecule has 4 rings (SSSR count). The van der Waals surface area contributed by atoms with Gasteiger partial charge in [-0.15, -0.1) is 11.3 Å². The van der Waals surface area contributed by atoms with Gasteiger partial charge >= 0.3 is 5.97 Å². The predicted octanol–water partition coefficient (Wildman–Crippen LogP) is 4.10. The molecule has 0 saturated carbocycles. The van der Waals surface area contributed by atoms with Gasteiger partial charge in [0.2, 0.25) is 5.78 Å².